The molecule has 140 valence electrons. The van der Waals surface area contributed by atoms with Crippen molar-refractivity contribution < 1.29 is 14.6 Å². The Morgan fingerprint density at radius 3 is 2.74 bits per heavy atom. The molecule has 0 atom stereocenters. The summed E-state index contributed by atoms with van der Waals surface area (Å²) < 4.78 is 7.82. The number of carbonyl (C=O) groups is 1. The van der Waals surface area contributed by atoms with E-state index in [9.17, 15) is 9.90 Å². The number of carboxylic acids is 1. The van der Waals surface area contributed by atoms with Gasteiger partial charge in [-0.2, -0.15) is 0 Å². The summed E-state index contributed by atoms with van der Waals surface area (Å²) in [7, 11) is 1.78. The molecule has 1 saturated carbocycles. The van der Waals surface area contributed by atoms with Crippen molar-refractivity contribution in [3.63, 3.8) is 0 Å². The van der Waals surface area contributed by atoms with Crippen LogP contribution in [0.2, 0.25) is 0 Å². The average molecular weight is 385 g/mol. The smallest absolute Gasteiger partial charge is 0.347 e. The minimum Gasteiger partial charge on any atom is -0.490 e. The average Bonchev–Trinajstić information content (AvgIpc) is 3.37. The van der Waals surface area contributed by atoms with E-state index in [4.69, 9.17) is 4.74 Å². The molecule has 1 aliphatic carbocycles. The van der Waals surface area contributed by atoms with E-state index >= 15 is 0 Å². The van der Waals surface area contributed by atoms with E-state index in [2.05, 4.69) is 20.5 Å². The van der Waals surface area contributed by atoms with Gasteiger partial charge in [-0.3, -0.25) is 0 Å². The van der Waals surface area contributed by atoms with Gasteiger partial charge in [-0.1, -0.05) is 0 Å². The fourth-order valence-corrected chi connectivity index (χ4v) is 4.20. The number of carboxylic acid groups (broad SMARTS) is 1. The molecule has 0 aliphatic heterocycles. The normalized spacial score (nSPS) is 14.6. The molecule has 0 radical (unpaired) electrons. The Bertz CT molecular complexity index is 991. The molecule has 4 rings (SSSR count). The predicted molar refractivity (Wildman–Crippen MR) is 99.9 cm³/mol. The Morgan fingerprint density at radius 1 is 1.33 bits per heavy atom. The molecule has 3 aromatic rings. The van der Waals surface area contributed by atoms with E-state index in [1.165, 1.54) is 12.8 Å². The number of aryl methyl sites for hydroxylation is 2. The van der Waals surface area contributed by atoms with Crippen molar-refractivity contribution in [3.8, 4) is 27.7 Å². The molecule has 1 aliphatic rings. The Hall–Kier alpha value is -2.81. The first-order chi connectivity index (χ1) is 13.0. The van der Waals surface area contributed by atoms with Gasteiger partial charge < -0.3 is 9.84 Å². The van der Waals surface area contributed by atoms with Gasteiger partial charge in [-0.25, -0.2) is 14.5 Å². The molecule has 8 nitrogen and oxygen atoms in total. The summed E-state index contributed by atoms with van der Waals surface area (Å²) in [6.45, 7) is 1.70. The molecule has 0 unspecified atom stereocenters. The number of hydrogen-bond acceptors (Lipinski definition) is 7. The molecule has 0 spiro atoms. The fourth-order valence-electron chi connectivity index (χ4n) is 3.30. The zero-order valence-corrected chi connectivity index (χ0v) is 15.9. The largest absolute Gasteiger partial charge is 0.490 e. The highest BCUT2D eigenvalue weighted by Gasteiger charge is 2.22. The van der Waals surface area contributed by atoms with Crippen molar-refractivity contribution in [2.45, 2.75) is 38.7 Å². The lowest BCUT2D eigenvalue weighted by Crippen LogP contribution is -2.12. The van der Waals surface area contributed by atoms with Crippen LogP contribution in [0.1, 0.15) is 41.0 Å². The van der Waals surface area contributed by atoms with Crippen molar-refractivity contribution >= 4 is 17.3 Å². The summed E-state index contributed by atoms with van der Waals surface area (Å²) in [4.78, 5) is 16.0. The third-order valence-electron chi connectivity index (χ3n) is 4.67. The topological polar surface area (TPSA) is 103 Å². The van der Waals surface area contributed by atoms with Crippen LogP contribution < -0.4 is 4.74 Å². The monoisotopic (exact) mass is 385 g/mol. The predicted octanol–water partition coefficient (Wildman–Crippen LogP) is 3.33. The summed E-state index contributed by atoms with van der Waals surface area (Å²) in [5.74, 6) is 0.363. The Morgan fingerprint density at radius 2 is 2.11 bits per heavy atom. The van der Waals surface area contributed by atoms with Crippen LogP contribution in [-0.4, -0.2) is 42.4 Å². The second-order valence-corrected chi connectivity index (χ2v) is 7.60. The second kappa shape index (κ2) is 7.07. The maximum absolute atomic E-state index is 11.3. The maximum Gasteiger partial charge on any atom is 0.347 e. The number of thiazole rings is 1. The second-order valence-electron chi connectivity index (χ2n) is 6.60. The summed E-state index contributed by atoms with van der Waals surface area (Å²) in [5.41, 5.74) is 2.10. The van der Waals surface area contributed by atoms with Gasteiger partial charge in [0, 0.05) is 12.6 Å². The number of aromatic nitrogens is 5. The maximum atomic E-state index is 11.3. The number of rotatable bonds is 5. The number of ether oxygens (including phenoxy) is 1. The van der Waals surface area contributed by atoms with Gasteiger partial charge in [-0.15, -0.1) is 16.4 Å². The molecular weight excluding hydrogens is 366 g/mol. The lowest BCUT2D eigenvalue weighted by Gasteiger charge is -2.16. The lowest BCUT2D eigenvalue weighted by molar-refractivity contribution is 0.0701. The molecule has 2 aromatic heterocycles. The van der Waals surface area contributed by atoms with Crippen LogP contribution in [0.25, 0.3) is 22.0 Å². The van der Waals surface area contributed by atoms with E-state index in [-0.39, 0.29) is 11.0 Å². The molecule has 27 heavy (non-hydrogen) atoms. The van der Waals surface area contributed by atoms with Gasteiger partial charge in [0.25, 0.3) is 0 Å². The third-order valence-corrected chi connectivity index (χ3v) is 5.87. The number of aromatic carboxylic acids is 1. The van der Waals surface area contributed by atoms with Crippen LogP contribution in [0.5, 0.6) is 5.75 Å². The molecule has 1 N–H and O–H groups in total. The van der Waals surface area contributed by atoms with E-state index < -0.39 is 5.97 Å². The Labute approximate surface area is 159 Å². The van der Waals surface area contributed by atoms with Crippen LogP contribution in [-0.2, 0) is 7.05 Å². The molecule has 2 heterocycles. The fraction of sp³-hybridized carbons (Fsp3) is 0.389. The summed E-state index contributed by atoms with van der Waals surface area (Å²) in [6.07, 6.45) is 4.66. The first-order valence-electron chi connectivity index (χ1n) is 8.77. The highest BCUT2D eigenvalue weighted by atomic mass is 32.1. The van der Waals surface area contributed by atoms with Gasteiger partial charge in [0.05, 0.1) is 17.4 Å². The number of benzene rings is 1. The molecule has 1 fully saturated rings. The molecule has 9 heteroatoms. The summed E-state index contributed by atoms with van der Waals surface area (Å²) >= 11 is 1.16. The minimum absolute atomic E-state index is 0.205. The van der Waals surface area contributed by atoms with Gasteiger partial charge in [0.2, 0.25) is 0 Å². The third kappa shape index (κ3) is 3.42. The number of hydrogen-bond donors (Lipinski definition) is 1. The number of tetrazole rings is 1. The first-order valence-corrected chi connectivity index (χ1v) is 9.59. The van der Waals surface area contributed by atoms with E-state index in [0.717, 1.165) is 41.1 Å². The molecule has 0 saturated heterocycles. The van der Waals surface area contributed by atoms with E-state index in [1.54, 1.807) is 18.7 Å². The Kier molecular flexibility index (Phi) is 4.61. The van der Waals surface area contributed by atoms with Gasteiger partial charge in [0.1, 0.15) is 15.6 Å². The van der Waals surface area contributed by atoms with Gasteiger partial charge in [-0.05, 0) is 61.2 Å². The lowest BCUT2D eigenvalue weighted by atomic mass is 10.1. The molecular formula is C18H19N5O3S. The van der Waals surface area contributed by atoms with Crippen LogP contribution in [0.15, 0.2) is 18.2 Å². The van der Waals surface area contributed by atoms with Gasteiger partial charge >= 0.3 is 5.97 Å². The van der Waals surface area contributed by atoms with Gasteiger partial charge in [0.15, 0.2) is 5.82 Å². The van der Waals surface area contributed by atoms with Crippen molar-refractivity contribution in [1.29, 1.82) is 0 Å². The van der Waals surface area contributed by atoms with E-state index in [0.29, 0.717) is 16.5 Å². The molecule has 0 amide bonds. The van der Waals surface area contributed by atoms with Crippen molar-refractivity contribution in [2.24, 2.45) is 7.05 Å². The quantitative estimate of drug-likeness (QED) is 0.718. The SMILES string of the molecule is Cc1nc(-c2ccc(OC3CCCC3)c(-c3nnnn3C)c2)sc1C(=O)O. The van der Waals surface area contributed by atoms with Crippen LogP contribution in [0.4, 0.5) is 0 Å². The Balaban J connectivity index is 1.77. The molecule has 1 aromatic carbocycles. The molecule has 0 bridgehead atoms. The summed E-state index contributed by atoms with van der Waals surface area (Å²) in [6, 6.07) is 5.72. The summed E-state index contributed by atoms with van der Waals surface area (Å²) in [5, 5.41) is 21.7. The van der Waals surface area contributed by atoms with Crippen molar-refractivity contribution in [2.75, 3.05) is 0 Å². The van der Waals surface area contributed by atoms with Crippen LogP contribution >= 0.6 is 11.3 Å². The van der Waals surface area contributed by atoms with Crippen molar-refractivity contribution in [1.82, 2.24) is 25.2 Å². The van der Waals surface area contributed by atoms with Crippen molar-refractivity contribution in [3.05, 3.63) is 28.8 Å². The highest BCUT2D eigenvalue weighted by molar-refractivity contribution is 7.17. The highest BCUT2D eigenvalue weighted by Crippen LogP contribution is 2.37. The minimum atomic E-state index is -0.963. The van der Waals surface area contributed by atoms with Crippen LogP contribution in [0, 0.1) is 6.92 Å². The zero-order chi connectivity index (χ0) is 19.0. The van der Waals surface area contributed by atoms with E-state index in [1.807, 2.05) is 18.2 Å². The standard InChI is InChI=1S/C18H19N5O3S/c1-10-15(18(24)25)27-17(19-10)11-7-8-14(26-12-5-3-4-6-12)13(9-11)16-20-21-22-23(16)2/h7-9,12H,3-6H2,1-2H3,(H,24,25). The first kappa shape index (κ1) is 17.6. The number of nitrogens with zero attached hydrogens (tertiary/aromatic N) is 5. The zero-order valence-electron chi connectivity index (χ0n) is 15.0. The van der Waals surface area contributed by atoms with Crippen LogP contribution in [0.3, 0.4) is 0 Å².